The van der Waals surface area contributed by atoms with E-state index >= 15 is 0 Å². The molecule has 0 heterocycles. The van der Waals surface area contributed by atoms with Crippen molar-refractivity contribution in [1.82, 2.24) is 0 Å². The summed E-state index contributed by atoms with van der Waals surface area (Å²) in [5, 5.41) is 0. The minimum atomic E-state index is 1.29. The van der Waals surface area contributed by atoms with Crippen LogP contribution in [0.1, 0.15) is 0 Å². The van der Waals surface area contributed by atoms with Gasteiger partial charge >= 0.3 is 0 Å². The first-order valence-electron chi connectivity index (χ1n) is 12.6. The highest BCUT2D eigenvalue weighted by Gasteiger charge is 2.31. The Morgan fingerprint density at radius 1 is 0.194 bits per heavy atom. The van der Waals surface area contributed by atoms with Gasteiger partial charge in [0.25, 0.3) is 0 Å². The highest BCUT2D eigenvalue weighted by Crippen LogP contribution is 2.58. The molecule has 6 aromatic carbocycles. The summed E-state index contributed by atoms with van der Waals surface area (Å²) in [6.45, 7) is 0. The van der Waals surface area contributed by atoms with Crippen LogP contribution in [0, 0.1) is 0 Å². The number of fused-ring (bicyclic) bond motifs is 10. The van der Waals surface area contributed by atoms with Crippen LogP contribution in [0.2, 0.25) is 0 Å². The van der Waals surface area contributed by atoms with Gasteiger partial charge < -0.3 is 0 Å². The second-order valence-electron chi connectivity index (χ2n) is 10.0. The van der Waals surface area contributed by atoms with Crippen molar-refractivity contribution >= 4 is 0 Å². The first kappa shape index (κ1) is 18.6. The molecule has 36 heavy (non-hydrogen) atoms. The molecule has 4 bridgehead atoms. The summed E-state index contributed by atoms with van der Waals surface area (Å²) >= 11 is 0. The third-order valence-corrected chi connectivity index (χ3v) is 8.35. The van der Waals surface area contributed by atoms with Crippen molar-refractivity contribution < 1.29 is 0 Å². The van der Waals surface area contributed by atoms with Gasteiger partial charge in [0, 0.05) is 0 Å². The van der Waals surface area contributed by atoms with Crippen LogP contribution in [-0.4, -0.2) is 0 Å². The molecule has 0 aromatic heterocycles. The lowest BCUT2D eigenvalue weighted by Gasteiger charge is -2.30. The number of benzene rings is 6. The summed E-state index contributed by atoms with van der Waals surface area (Å²) < 4.78 is 0. The summed E-state index contributed by atoms with van der Waals surface area (Å²) in [5.74, 6) is 0. The van der Waals surface area contributed by atoms with Crippen molar-refractivity contribution in [2.45, 2.75) is 0 Å². The molecular formula is C36H20. The minimum Gasteiger partial charge on any atom is -0.0616 e. The maximum absolute atomic E-state index is 2.36. The van der Waals surface area contributed by atoms with Crippen LogP contribution in [0.4, 0.5) is 0 Å². The van der Waals surface area contributed by atoms with Crippen LogP contribution in [0.25, 0.3) is 89.0 Å². The highest BCUT2D eigenvalue weighted by molar-refractivity contribution is 6.16. The molecule has 0 saturated heterocycles. The van der Waals surface area contributed by atoms with Crippen molar-refractivity contribution in [3.63, 3.8) is 0 Å². The Kier molecular flexibility index (Phi) is 3.36. The van der Waals surface area contributed by atoms with Crippen molar-refractivity contribution in [3.05, 3.63) is 121 Å². The fourth-order valence-corrected chi connectivity index (χ4v) is 6.78. The van der Waals surface area contributed by atoms with Gasteiger partial charge in [0.2, 0.25) is 0 Å². The molecule has 0 aliphatic heterocycles. The first-order valence-corrected chi connectivity index (χ1v) is 12.6. The molecule has 4 aliphatic rings. The van der Waals surface area contributed by atoms with Crippen LogP contribution in [0.5, 0.6) is 0 Å². The van der Waals surface area contributed by atoms with Gasteiger partial charge in [-0.1, -0.05) is 121 Å². The molecule has 0 heteroatoms. The summed E-state index contributed by atoms with van der Waals surface area (Å²) in [7, 11) is 0. The summed E-state index contributed by atoms with van der Waals surface area (Å²) in [6.07, 6.45) is 0. The van der Waals surface area contributed by atoms with Gasteiger partial charge in [0.15, 0.2) is 0 Å². The van der Waals surface area contributed by atoms with Gasteiger partial charge in [-0.3, -0.25) is 0 Å². The van der Waals surface area contributed by atoms with E-state index in [1.54, 1.807) is 0 Å². The quantitative estimate of drug-likeness (QED) is 0.245. The Bertz CT molecular complexity index is 1920. The lowest BCUT2D eigenvalue weighted by Crippen LogP contribution is -2.03. The molecule has 0 amide bonds. The third kappa shape index (κ3) is 2.16. The second-order valence-corrected chi connectivity index (χ2v) is 10.0. The molecule has 6 aromatic rings. The minimum absolute atomic E-state index is 1.29. The van der Waals surface area contributed by atoms with Crippen molar-refractivity contribution in [2.75, 3.05) is 0 Å². The van der Waals surface area contributed by atoms with Crippen molar-refractivity contribution in [3.8, 4) is 89.0 Å². The Hall–Kier alpha value is -4.68. The van der Waals surface area contributed by atoms with Gasteiger partial charge in [0.1, 0.15) is 0 Å². The average Bonchev–Trinajstić information content (AvgIpc) is 3.09. The summed E-state index contributed by atoms with van der Waals surface area (Å²) in [5.41, 5.74) is 21.6. The maximum Gasteiger partial charge on any atom is -0.00141 e. The van der Waals surface area contributed by atoms with E-state index in [-0.39, 0.29) is 0 Å². The number of hydrogen-bond acceptors (Lipinski definition) is 0. The molecule has 4 aliphatic carbocycles. The zero-order valence-electron chi connectivity index (χ0n) is 19.5. The zero-order valence-corrected chi connectivity index (χ0v) is 19.5. The van der Waals surface area contributed by atoms with E-state index in [9.17, 15) is 0 Å². The molecule has 0 nitrogen and oxygen atoms in total. The van der Waals surface area contributed by atoms with Crippen LogP contribution in [-0.2, 0) is 0 Å². The molecule has 0 radical (unpaired) electrons. The predicted molar refractivity (Wildman–Crippen MR) is 151 cm³/mol. The van der Waals surface area contributed by atoms with Gasteiger partial charge in [-0.15, -0.1) is 0 Å². The summed E-state index contributed by atoms with van der Waals surface area (Å²) in [4.78, 5) is 0. The van der Waals surface area contributed by atoms with E-state index < -0.39 is 0 Å². The number of rotatable bonds is 2. The Morgan fingerprint density at radius 2 is 0.611 bits per heavy atom. The molecule has 0 fully saturated rings. The van der Waals surface area contributed by atoms with Crippen LogP contribution in [0.15, 0.2) is 121 Å². The molecule has 10 rings (SSSR count). The van der Waals surface area contributed by atoms with E-state index in [1.165, 1.54) is 89.0 Å². The zero-order chi connectivity index (χ0) is 23.4. The Labute approximate surface area is 210 Å². The maximum atomic E-state index is 2.36. The molecule has 0 N–H and O–H groups in total. The third-order valence-electron chi connectivity index (χ3n) is 8.35. The highest BCUT2D eigenvalue weighted by atomic mass is 14.3. The standard InChI is InChI=1S/C36H20/c1-3-9-26-24(7-1)28-11-5-13-30(34(26)28)31-20-19-23-21-15-17-22(18-16-21)33(31)36(23)32-14-6-12-29-25-8-2-4-10-27(25)35(29)32/h1-20H. The molecule has 0 unspecified atom stereocenters. The first-order chi connectivity index (χ1) is 17.9. The van der Waals surface area contributed by atoms with Gasteiger partial charge in [-0.25, -0.2) is 0 Å². The molecule has 0 atom stereocenters. The largest absolute Gasteiger partial charge is 0.0616 e. The van der Waals surface area contributed by atoms with Crippen molar-refractivity contribution in [2.24, 2.45) is 0 Å². The summed E-state index contributed by atoms with van der Waals surface area (Å²) in [6, 6.07) is 45.1. The van der Waals surface area contributed by atoms with Crippen molar-refractivity contribution in [1.29, 1.82) is 0 Å². The van der Waals surface area contributed by atoms with E-state index in [0.29, 0.717) is 0 Å². The van der Waals surface area contributed by atoms with E-state index in [2.05, 4.69) is 121 Å². The lowest BCUT2D eigenvalue weighted by molar-refractivity contribution is 1.49. The molecular weight excluding hydrogens is 432 g/mol. The SMILES string of the molecule is c1ccc2c(c1)-c1cccc(-c3ccc4c(-c5cccc6c5-c5ccccc5-6)c3-c3ccc-4cc3)c1-2. The van der Waals surface area contributed by atoms with E-state index in [1.807, 2.05) is 0 Å². The van der Waals surface area contributed by atoms with E-state index in [0.717, 1.165) is 0 Å². The van der Waals surface area contributed by atoms with Crippen LogP contribution in [0.3, 0.4) is 0 Å². The van der Waals surface area contributed by atoms with Crippen LogP contribution >= 0.6 is 0 Å². The van der Waals surface area contributed by atoms with Gasteiger partial charge in [0.05, 0.1) is 0 Å². The lowest BCUT2D eigenvalue weighted by atomic mass is 9.73. The van der Waals surface area contributed by atoms with Crippen LogP contribution < -0.4 is 0 Å². The monoisotopic (exact) mass is 452 g/mol. The second kappa shape index (κ2) is 6.50. The fraction of sp³-hybridized carbons (Fsp3) is 0. The normalized spacial score (nSPS) is 12.4. The molecule has 164 valence electrons. The molecule has 0 saturated carbocycles. The Morgan fingerprint density at radius 3 is 1.25 bits per heavy atom. The Balaban J connectivity index is 1.37. The topological polar surface area (TPSA) is 0 Å². The number of hydrogen-bond donors (Lipinski definition) is 0. The van der Waals surface area contributed by atoms with E-state index in [4.69, 9.17) is 0 Å². The molecule has 0 spiro atoms. The van der Waals surface area contributed by atoms with Gasteiger partial charge in [-0.05, 0) is 89.0 Å². The fourth-order valence-electron chi connectivity index (χ4n) is 6.78. The average molecular weight is 453 g/mol. The van der Waals surface area contributed by atoms with Gasteiger partial charge in [-0.2, -0.15) is 0 Å². The smallest absolute Gasteiger partial charge is 0.00141 e. The predicted octanol–water partition coefficient (Wildman–Crippen LogP) is 9.96.